The van der Waals surface area contributed by atoms with Gasteiger partial charge in [-0.15, -0.1) is 0 Å². The van der Waals surface area contributed by atoms with E-state index in [1.165, 1.54) is 0 Å². The van der Waals surface area contributed by atoms with Crippen LogP contribution in [0.1, 0.15) is 17.3 Å². The standard InChI is InChI=1S/C13H15FN2O3/c1-9-4-3-5-10(13(9)14)18-8-12-15-11(16-19-12)6-7-17-2/h3-5H,6-8H2,1-2H3. The summed E-state index contributed by atoms with van der Waals surface area (Å²) in [7, 11) is 1.60. The van der Waals surface area contributed by atoms with E-state index in [4.69, 9.17) is 14.0 Å². The van der Waals surface area contributed by atoms with Crippen molar-refractivity contribution in [1.29, 1.82) is 0 Å². The molecule has 0 saturated carbocycles. The van der Waals surface area contributed by atoms with Crippen molar-refractivity contribution in [3.8, 4) is 5.75 Å². The fourth-order valence-electron chi connectivity index (χ4n) is 1.52. The molecule has 1 aromatic carbocycles. The molecule has 0 aliphatic carbocycles. The Bertz CT molecular complexity index is 542. The Morgan fingerprint density at radius 3 is 3.00 bits per heavy atom. The summed E-state index contributed by atoms with van der Waals surface area (Å²) < 4.78 is 28.9. The maximum Gasteiger partial charge on any atom is 0.264 e. The van der Waals surface area contributed by atoms with Crippen LogP contribution in [-0.4, -0.2) is 23.9 Å². The number of halogens is 1. The lowest BCUT2D eigenvalue weighted by molar-refractivity contribution is 0.199. The van der Waals surface area contributed by atoms with Crippen LogP contribution in [0.2, 0.25) is 0 Å². The lowest BCUT2D eigenvalue weighted by Gasteiger charge is -2.05. The second-order valence-corrected chi connectivity index (χ2v) is 4.02. The predicted molar refractivity (Wildman–Crippen MR) is 65.3 cm³/mol. The van der Waals surface area contributed by atoms with Crippen LogP contribution in [0.3, 0.4) is 0 Å². The number of ether oxygens (including phenoxy) is 2. The van der Waals surface area contributed by atoms with E-state index in [1.807, 2.05) is 0 Å². The molecule has 5 nitrogen and oxygen atoms in total. The second-order valence-electron chi connectivity index (χ2n) is 4.02. The molecule has 6 heteroatoms. The summed E-state index contributed by atoms with van der Waals surface area (Å²) >= 11 is 0. The van der Waals surface area contributed by atoms with Crippen LogP contribution in [0.5, 0.6) is 5.75 Å². The molecule has 0 spiro atoms. The van der Waals surface area contributed by atoms with E-state index in [9.17, 15) is 4.39 Å². The van der Waals surface area contributed by atoms with E-state index in [1.54, 1.807) is 32.2 Å². The van der Waals surface area contributed by atoms with Gasteiger partial charge in [-0.05, 0) is 18.6 Å². The average Bonchev–Trinajstić information content (AvgIpc) is 2.86. The minimum Gasteiger partial charge on any atom is -0.481 e. The molecule has 2 aromatic rings. The zero-order valence-corrected chi connectivity index (χ0v) is 10.9. The van der Waals surface area contributed by atoms with Crippen molar-refractivity contribution in [1.82, 2.24) is 10.1 Å². The highest BCUT2D eigenvalue weighted by molar-refractivity contribution is 5.30. The van der Waals surface area contributed by atoms with Crippen molar-refractivity contribution in [2.75, 3.05) is 13.7 Å². The summed E-state index contributed by atoms with van der Waals surface area (Å²) in [6, 6.07) is 4.97. The first-order valence-electron chi connectivity index (χ1n) is 5.89. The van der Waals surface area contributed by atoms with Gasteiger partial charge in [0.15, 0.2) is 24.0 Å². The topological polar surface area (TPSA) is 57.4 Å². The minimum atomic E-state index is -0.373. The van der Waals surface area contributed by atoms with Crippen LogP contribution in [-0.2, 0) is 17.8 Å². The number of methoxy groups -OCH3 is 1. The lowest BCUT2D eigenvalue weighted by Crippen LogP contribution is -2.00. The van der Waals surface area contributed by atoms with Crippen LogP contribution in [0.4, 0.5) is 4.39 Å². The van der Waals surface area contributed by atoms with Crippen LogP contribution >= 0.6 is 0 Å². The van der Waals surface area contributed by atoms with Gasteiger partial charge in [-0.1, -0.05) is 17.3 Å². The third-order valence-corrected chi connectivity index (χ3v) is 2.55. The summed E-state index contributed by atoms with van der Waals surface area (Å²) in [4.78, 5) is 4.11. The molecule has 0 aliphatic heterocycles. The van der Waals surface area contributed by atoms with Gasteiger partial charge in [0.05, 0.1) is 6.61 Å². The number of rotatable bonds is 6. The number of hydrogen-bond acceptors (Lipinski definition) is 5. The Morgan fingerprint density at radius 2 is 2.21 bits per heavy atom. The van der Waals surface area contributed by atoms with Crippen LogP contribution in [0, 0.1) is 12.7 Å². The Balaban J connectivity index is 1.95. The average molecular weight is 266 g/mol. The van der Waals surface area contributed by atoms with Gasteiger partial charge in [-0.3, -0.25) is 0 Å². The molecule has 1 aromatic heterocycles. The molecule has 0 radical (unpaired) electrons. The Kier molecular flexibility index (Phi) is 4.46. The summed E-state index contributed by atoms with van der Waals surface area (Å²) in [5, 5.41) is 3.77. The van der Waals surface area contributed by atoms with Gasteiger partial charge < -0.3 is 14.0 Å². The van der Waals surface area contributed by atoms with E-state index in [0.717, 1.165) is 0 Å². The minimum absolute atomic E-state index is 0.0420. The Hall–Kier alpha value is -1.95. The van der Waals surface area contributed by atoms with E-state index in [0.29, 0.717) is 30.3 Å². The molecule has 0 amide bonds. The normalized spacial score (nSPS) is 10.7. The van der Waals surface area contributed by atoms with Crippen molar-refractivity contribution < 1.29 is 18.4 Å². The van der Waals surface area contributed by atoms with E-state index >= 15 is 0 Å². The monoisotopic (exact) mass is 266 g/mol. The number of nitrogens with zero attached hydrogens (tertiary/aromatic N) is 2. The van der Waals surface area contributed by atoms with Gasteiger partial charge >= 0.3 is 0 Å². The molecular weight excluding hydrogens is 251 g/mol. The van der Waals surface area contributed by atoms with Crippen molar-refractivity contribution in [3.63, 3.8) is 0 Å². The van der Waals surface area contributed by atoms with Crippen LogP contribution < -0.4 is 4.74 Å². The second kappa shape index (κ2) is 6.29. The first kappa shape index (κ1) is 13.5. The zero-order valence-electron chi connectivity index (χ0n) is 10.9. The molecule has 0 unspecified atom stereocenters. The van der Waals surface area contributed by atoms with Gasteiger partial charge in [0.1, 0.15) is 0 Å². The predicted octanol–water partition coefficient (Wildman–Crippen LogP) is 2.29. The largest absolute Gasteiger partial charge is 0.481 e. The highest BCUT2D eigenvalue weighted by Crippen LogP contribution is 2.20. The maximum absolute atomic E-state index is 13.7. The first-order chi connectivity index (χ1) is 9.20. The van der Waals surface area contributed by atoms with Crippen LogP contribution in [0.25, 0.3) is 0 Å². The van der Waals surface area contributed by atoms with Gasteiger partial charge in [-0.25, -0.2) is 4.39 Å². The number of aromatic nitrogens is 2. The number of aryl methyl sites for hydroxylation is 1. The highest BCUT2D eigenvalue weighted by Gasteiger charge is 2.10. The molecule has 0 atom stereocenters. The third kappa shape index (κ3) is 3.51. The number of hydrogen-bond donors (Lipinski definition) is 0. The van der Waals surface area contributed by atoms with Crippen molar-refractivity contribution >= 4 is 0 Å². The fourth-order valence-corrected chi connectivity index (χ4v) is 1.52. The van der Waals surface area contributed by atoms with Gasteiger partial charge in [0.25, 0.3) is 5.89 Å². The van der Waals surface area contributed by atoms with Crippen molar-refractivity contribution in [2.24, 2.45) is 0 Å². The third-order valence-electron chi connectivity index (χ3n) is 2.55. The molecular formula is C13H15FN2O3. The molecule has 102 valence electrons. The van der Waals surface area contributed by atoms with Gasteiger partial charge in [-0.2, -0.15) is 4.98 Å². The molecule has 0 fully saturated rings. The van der Waals surface area contributed by atoms with Crippen LogP contribution in [0.15, 0.2) is 22.7 Å². The fraction of sp³-hybridized carbons (Fsp3) is 0.385. The van der Waals surface area contributed by atoms with E-state index < -0.39 is 0 Å². The molecule has 0 saturated heterocycles. The molecule has 0 N–H and O–H groups in total. The number of benzene rings is 1. The summed E-state index contributed by atoms with van der Waals surface area (Å²) in [6.07, 6.45) is 0.568. The summed E-state index contributed by atoms with van der Waals surface area (Å²) in [5.74, 6) is 0.662. The van der Waals surface area contributed by atoms with Gasteiger partial charge in [0.2, 0.25) is 0 Å². The molecule has 19 heavy (non-hydrogen) atoms. The lowest BCUT2D eigenvalue weighted by atomic mass is 10.2. The molecule has 2 rings (SSSR count). The first-order valence-corrected chi connectivity index (χ1v) is 5.89. The van der Waals surface area contributed by atoms with E-state index in [-0.39, 0.29) is 18.2 Å². The quantitative estimate of drug-likeness (QED) is 0.802. The Labute approximate surface area is 110 Å². The van der Waals surface area contributed by atoms with Gasteiger partial charge in [0, 0.05) is 13.5 Å². The maximum atomic E-state index is 13.7. The smallest absolute Gasteiger partial charge is 0.264 e. The van der Waals surface area contributed by atoms with Crippen molar-refractivity contribution in [3.05, 3.63) is 41.3 Å². The zero-order chi connectivity index (χ0) is 13.7. The highest BCUT2D eigenvalue weighted by atomic mass is 19.1. The summed E-state index contributed by atoms with van der Waals surface area (Å²) in [6.45, 7) is 2.24. The molecule has 1 heterocycles. The van der Waals surface area contributed by atoms with E-state index in [2.05, 4.69) is 10.1 Å². The Morgan fingerprint density at radius 1 is 1.37 bits per heavy atom. The van der Waals surface area contributed by atoms with Crippen molar-refractivity contribution in [2.45, 2.75) is 20.0 Å². The molecule has 0 aliphatic rings. The molecule has 0 bridgehead atoms. The SMILES string of the molecule is COCCc1noc(COc2cccc(C)c2F)n1. The summed E-state index contributed by atoms with van der Waals surface area (Å²) in [5.41, 5.74) is 0.531.